The Hall–Kier alpha value is -0.570. The first-order valence-electron chi connectivity index (χ1n) is 6.26. The molecular weight excluding hydrogens is 188 g/mol. The lowest BCUT2D eigenvalue weighted by atomic mass is 9.96. The molecular formula is C12H24N2O. The van der Waals surface area contributed by atoms with E-state index < -0.39 is 0 Å². The highest BCUT2D eigenvalue weighted by atomic mass is 16.2. The quantitative estimate of drug-likeness (QED) is 0.751. The number of hydrogen-bond donors (Lipinski definition) is 1. The second-order valence-corrected chi connectivity index (χ2v) is 4.38. The van der Waals surface area contributed by atoms with Gasteiger partial charge in [0.25, 0.3) is 0 Å². The molecule has 1 aliphatic rings. The van der Waals surface area contributed by atoms with Crippen LogP contribution in [0.2, 0.25) is 0 Å². The number of nitrogens with one attached hydrogen (secondary N) is 1. The minimum atomic E-state index is 0.347. The van der Waals surface area contributed by atoms with Crippen molar-refractivity contribution in [2.45, 2.75) is 39.5 Å². The molecule has 1 rings (SSSR count). The SMILES string of the molecule is CCCC(=O)N1CCC(CNCC)CC1. The Morgan fingerprint density at radius 3 is 2.53 bits per heavy atom. The summed E-state index contributed by atoms with van der Waals surface area (Å²) in [5.41, 5.74) is 0. The minimum absolute atomic E-state index is 0.347. The maximum absolute atomic E-state index is 11.6. The third kappa shape index (κ3) is 4.20. The molecule has 1 aliphatic heterocycles. The van der Waals surface area contributed by atoms with Crippen molar-refractivity contribution in [1.29, 1.82) is 0 Å². The standard InChI is InChI=1S/C12H24N2O/c1-3-5-12(15)14-8-6-11(7-9-14)10-13-4-2/h11,13H,3-10H2,1-2H3. The zero-order valence-electron chi connectivity index (χ0n) is 10.1. The summed E-state index contributed by atoms with van der Waals surface area (Å²) >= 11 is 0. The van der Waals surface area contributed by atoms with E-state index in [1.165, 1.54) is 12.8 Å². The lowest BCUT2D eigenvalue weighted by molar-refractivity contribution is -0.132. The van der Waals surface area contributed by atoms with E-state index in [1.807, 2.05) is 4.90 Å². The van der Waals surface area contributed by atoms with E-state index in [0.29, 0.717) is 5.91 Å². The third-order valence-electron chi connectivity index (χ3n) is 3.11. The summed E-state index contributed by atoms with van der Waals surface area (Å²) in [5.74, 6) is 1.12. The van der Waals surface area contributed by atoms with Crippen LogP contribution in [0.1, 0.15) is 39.5 Å². The van der Waals surface area contributed by atoms with Crippen LogP contribution in [0, 0.1) is 5.92 Å². The van der Waals surface area contributed by atoms with Crippen LogP contribution in [-0.4, -0.2) is 37.0 Å². The van der Waals surface area contributed by atoms with Crippen molar-refractivity contribution in [3.05, 3.63) is 0 Å². The van der Waals surface area contributed by atoms with Gasteiger partial charge in [0.05, 0.1) is 0 Å². The fourth-order valence-corrected chi connectivity index (χ4v) is 2.11. The molecule has 0 radical (unpaired) electrons. The summed E-state index contributed by atoms with van der Waals surface area (Å²) in [6, 6.07) is 0. The molecule has 1 amide bonds. The van der Waals surface area contributed by atoms with Gasteiger partial charge in [-0.1, -0.05) is 13.8 Å². The van der Waals surface area contributed by atoms with Crippen molar-refractivity contribution in [3.63, 3.8) is 0 Å². The highest BCUT2D eigenvalue weighted by molar-refractivity contribution is 5.76. The topological polar surface area (TPSA) is 32.3 Å². The first kappa shape index (κ1) is 12.5. The second kappa shape index (κ2) is 6.83. The molecule has 0 aliphatic carbocycles. The van der Waals surface area contributed by atoms with Crippen molar-refractivity contribution in [2.75, 3.05) is 26.2 Å². The van der Waals surface area contributed by atoms with Gasteiger partial charge in [-0.3, -0.25) is 4.79 Å². The number of carbonyl (C=O) groups excluding carboxylic acids is 1. The average molecular weight is 212 g/mol. The molecule has 1 heterocycles. The molecule has 0 spiro atoms. The Morgan fingerprint density at radius 1 is 1.33 bits per heavy atom. The van der Waals surface area contributed by atoms with Crippen LogP contribution >= 0.6 is 0 Å². The van der Waals surface area contributed by atoms with Crippen LogP contribution < -0.4 is 5.32 Å². The van der Waals surface area contributed by atoms with Crippen LogP contribution in [0.25, 0.3) is 0 Å². The van der Waals surface area contributed by atoms with Gasteiger partial charge < -0.3 is 10.2 Å². The van der Waals surface area contributed by atoms with Gasteiger partial charge in [-0.05, 0) is 38.3 Å². The number of likely N-dealkylation sites (tertiary alicyclic amines) is 1. The van der Waals surface area contributed by atoms with E-state index in [9.17, 15) is 4.79 Å². The van der Waals surface area contributed by atoms with E-state index in [-0.39, 0.29) is 0 Å². The fourth-order valence-electron chi connectivity index (χ4n) is 2.11. The first-order chi connectivity index (χ1) is 7.27. The maximum Gasteiger partial charge on any atom is 0.222 e. The number of carbonyl (C=O) groups is 1. The molecule has 0 aromatic carbocycles. The average Bonchev–Trinajstić information content (AvgIpc) is 2.27. The van der Waals surface area contributed by atoms with E-state index in [2.05, 4.69) is 19.2 Å². The predicted molar refractivity (Wildman–Crippen MR) is 62.8 cm³/mol. The number of rotatable bonds is 5. The van der Waals surface area contributed by atoms with Crippen LogP contribution in [0.5, 0.6) is 0 Å². The summed E-state index contributed by atoms with van der Waals surface area (Å²) in [7, 11) is 0. The summed E-state index contributed by atoms with van der Waals surface area (Å²) in [4.78, 5) is 13.7. The lowest BCUT2D eigenvalue weighted by Gasteiger charge is -2.32. The maximum atomic E-state index is 11.6. The Bertz CT molecular complexity index is 186. The summed E-state index contributed by atoms with van der Waals surface area (Å²) in [6.07, 6.45) is 4.03. The smallest absolute Gasteiger partial charge is 0.222 e. The van der Waals surface area contributed by atoms with E-state index in [1.54, 1.807) is 0 Å². The van der Waals surface area contributed by atoms with Gasteiger partial charge in [-0.15, -0.1) is 0 Å². The monoisotopic (exact) mass is 212 g/mol. The summed E-state index contributed by atoms with van der Waals surface area (Å²) in [6.45, 7) is 8.31. The molecule has 3 heteroatoms. The molecule has 88 valence electrons. The minimum Gasteiger partial charge on any atom is -0.343 e. The van der Waals surface area contributed by atoms with Crippen molar-refractivity contribution < 1.29 is 4.79 Å². The molecule has 0 aromatic heterocycles. The molecule has 0 aromatic rings. The van der Waals surface area contributed by atoms with E-state index in [0.717, 1.165) is 44.9 Å². The zero-order valence-corrected chi connectivity index (χ0v) is 10.1. The lowest BCUT2D eigenvalue weighted by Crippen LogP contribution is -2.40. The molecule has 15 heavy (non-hydrogen) atoms. The Balaban J connectivity index is 2.20. The Kier molecular flexibility index (Phi) is 5.69. The molecule has 0 atom stereocenters. The van der Waals surface area contributed by atoms with E-state index in [4.69, 9.17) is 0 Å². The number of nitrogens with zero attached hydrogens (tertiary/aromatic N) is 1. The molecule has 0 unspecified atom stereocenters. The zero-order chi connectivity index (χ0) is 11.1. The van der Waals surface area contributed by atoms with Gasteiger partial charge in [0.2, 0.25) is 5.91 Å². The second-order valence-electron chi connectivity index (χ2n) is 4.38. The predicted octanol–water partition coefficient (Wildman–Crippen LogP) is 1.63. The Labute approximate surface area is 93.2 Å². The summed E-state index contributed by atoms with van der Waals surface area (Å²) in [5, 5.41) is 3.38. The van der Waals surface area contributed by atoms with Gasteiger partial charge in [-0.2, -0.15) is 0 Å². The van der Waals surface area contributed by atoms with Crippen LogP contribution in [0.15, 0.2) is 0 Å². The van der Waals surface area contributed by atoms with Gasteiger partial charge in [0.15, 0.2) is 0 Å². The van der Waals surface area contributed by atoms with Gasteiger partial charge >= 0.3 is 0 Å². The highest BCUT2D eigenvalue weighted by Crippen LogP contribution is 2.17. The number of amides is 1. The molecule has 1 fully saturated rings. The van der Waals surface area contributed by atoms with Crippen molar-refractivity contribution in [3.8, 4) is 0 Å². The number of hydrogen-bond acceptors (Lipinski definition) is 2. The van der Waals surface area contributed by atoms with Crippen molar-refractivity contribution in [2.24, 2.45) is 5.92 Å². The Morgan fingerprint density at radius 2 is 2.00 bits per heavy atom. The van der Waals surface area contributed by atoms with Crippen LogP contribution in [0.3, 0.4) is 0 Å². The van der Waals surface area contributed by atoms with Crippen molar-refractivity contribution in [1.82, 2.24) is 10.2 Å². The van der Waals surface area contributed by atoms with Crippen molar-refractivity contribution >= 4 is 5.91 Å². The first-order valence-corrected chi connectivity index (χ1v) is 6.26. The van der Waals surface area contributed by atoms with Crippen LogP contribution in [-0.2, 0) is 4.79 Å². The van der Waals surface area contributed by atoms with Crippen LogP contribution in [0.4, 0.5) is 0 Å². The molecule has 1 N–H and O–H groups in total. The third-order valence-corrected chi connectivity index (χ3v) is 3.11. The van der Waals surface area contributed by atoms with Gasteiger partial charge in [0, 0.05) is 19.5 Å². The molecule has 0 bridgehead atoms. The fraction of sp³-hybridized carbons (Fsp3) is 0.917. The molecule has 0 saturated carbocycles. The largest absolute Gasteiger partial charge is 0.343 e. The van der Waals surface area contributed by atoms with E-state index >= 15 is 0 Å². The molecule has 1 saturated heterocycles. The highest BCUT2D eigenvalue weighted by Gasteiger charge is 2.21. The summed E-state index contributed by atoms with van der Waals surface area (Å²) < 4.78 is 0. The normalized spacial score (nSPS) is 18.1. The molecule has 3 nitrogen and oxygen atoms in total. The van der Waals surface area contributed by atoms with Gasteiger partial charge in [0.1, 0.15) is 0 Å². The number of piperidine rings is 1. The van der Waals surface area contributed by atoms with Gasteiger partial charge in [-0.25, -0.2) is 0 Å².